The first kappa shape index (κ1) is 27.8. The van der Waals surface area contributed by atoms with E-state index in [0.29, 0.717) is 12.5 Å². The molecule has 6 heteroatoms. The largest absolute Gasteiger partial charge is 0.458 e. The van der Waals surface area contributed by atoms with Crippen molar-refractivity contribution < 1.29 is 19.1 Å². The summed E-state index contributed by atoms with van der Waals surface area (Å²) in [4.78, 5) is 31.7. The Balaban J connectivity index is 1.86. The van der Waals surface area contributed by atoms with Gasteiger partial charge in [-0.3, -0.25) is 4.79 Å². The molecule has 0 aromatic heterocycles. The quantitative estimate of drug-likeness (QED) is 0.236. The van der Waals surface area contributed by atoms with E-state index in [9.17, 15) is 9.59 Å². The van der Waals surface area contributed by atoms with E-state index < -0.39 is 17.1 Å². The molecular formula is C29H48N2O4. The van der Waals surface area contributed by atoms with Crippen molar-refractivity contribution in [1.29, 1.82) is 0 Å². The molecule has 1 amide bonds. The van der Waals surface area contributed by atoms with E-state index in [0.717, 1.165) is 50.9 Å². The van der Waals surface area contributed by atoms with Gasteiger partial charge in [0.25, 0.3) is 0 Å². The molecule has 198 valence electrons. The summed E-state index contributed by atoms with van der Waals surface area (Å²) in [6.45, 7) is 22.6. The van der Waals surface area contributed by atoms with E-state index in [4.69, 9.17) is 9.47 Å². The molecule has 35 heavy (non-hydrogen) atoms. The van der Waals surface area contributed by atoms with Crippen molar-refractivity contribution in [2.24, 2.45) is 16.7 Å². The second-order valence-corrected chi connectivity index (χ2v) is 12.4. The van der Waals surface area contributed by atoms with Crippen LogP contribution in [-0.2, 0) is 19.1 Å². The molecule has 2 bridgehead atoms. The zero-order valence-electron chi connectivity index (χ0n) is 23.4. The van der Waals surface area contributed by atoms with Crippen molar-refractivity contribution in [1.82, 2.24) is 9.80 Å². The summed E-state index contributed by atoms with van der Waals surface area (Å²) in [6, 6.07) is 0.186. The second kappa shape index (κ2) is 10.3. The number of hydrogen-bond donors (Lipinski definition) is 0. The van der Waals surface area contributed by atoms with Crippen LogP contribution < -0.4 is 0 Å². The van der Waals surface area contributed by atoms with E-state index >= 15 is 0 Å². The van der Waals surface area contributed by atoms with Crippen LogP contribution in [0.4, 0.5) is 0 Å². The second-order valence-electron chi connectivity index (χ2n) is 12.4. The molecule has 1 heterocycles. The van der Waals surface area contributed by atoms with Gasteiger partial charge in [0.1, 0.15) is 6.10 Å². The fourth-order valence-electron chi connectivity index (χ4n) is 6.72. The molecular weight excluding hydrogens is 440 g/mol. The molecule has 0 N–H and O–H groups in total. The molecule has 0 aromatic rings. The predicted molar refractivity (Wildman–Crippen MR) is 140 cm³/mol. The van der Waals surface area contributed by atoms with Crippen LogP contribution in [0.3, 0.4) is 0 Å². The highest BCUT2D eigenvalue weighted by Gasteiger charge is 2.70. The molecule has 0 aromatic carbocycles. The number of carbonyl (C=O) groups excluding carboxylic acids is 2. The van der Waals surface area contributed by atoms with Crippen LogP contribution >= 0.6 is 0 Å². The summed E-state index contributed by atoms with van der Waals surface area (Å²) in [6.07, 6.45) is 7.71. The molecule has 0 spiro atoms. The van der Waals surface area contributed by atoms with Crippen molar-refractivity contribution in [3.8, 4) is 0 Å². The highest BCUT2D eigenvalue weighted by molar-refractivity contribution is 5.88. The smallest absolute Gasteiger partial charge is 0.332 e. The molecule has 0 unspecified atom stereocenters. The molecule has 3 fully saturated rings. The number of nitrogens with zero attached hydrogens (tertiary/aromatic N) is 2. The summed E-state index contributed by atoms with van der Waals surface area (Å²) in [7, 11) is 0. The van der Waals surface area contributed by atoms with Gasteiger partial charge in [-0.1, -0.05) is 19.9 Å². The van der Waals surface area contributed by atoms with Gasteiger partial charge >= 0.3 is 5.97 Å². The van der Waals surface area contributed by atoms with Crippen LogP contribution in [0.25, 0.3) is 0 Å². The number of hydrogen-bond acceptors (Lipinski definition) is 5. The zero-order valence-corrected chi connectivity index (χ0v) is 23.4. The third kappa shape index (κ3) is 5.19. The Labute approximate surface area is 213 Å². The maximum absolute atomic E-state index is 14.2. The fourth-order valence-corrected chi connectivity index (χ4v) is 6.72. The number of rotatable bonds is 10. The molecule has 6 nitrogen and oxygen atoms in total. The van der Waals surface area contributed by atoms with Gasteiger partial charge < -0.3 is 19.3 Å². The fraction of sp³-hybridized carbons (Fsp3) is 0.793. The molecule has 0 radical (unpaired) electrons. The van der Waals surface area contributed by atoms with Crippen molar-refractivity contribution in [3.05, 3.63) is 24.4 Å². The van der Waals surface area contributed by atoms with Gasteiger partial charge in [-0.15, -0.1) is 6.58 Å². The summed E-state index contributed by atoms with van der Waals surface area (Å²) >= 11 is 0. The number of carbonyl (C=O) groups is 2. The molecule has 3 atom stereocenters. The monoisotopic (exact) mass is 488 g/mol. The van der Waals surface area contributed by atoms with Gasteiger partial charge in [-0.25, -0.2) is 4.79 Å². The SMILES string of the molecule is C=CC(C)(C)OC/C(=C\C(=O)O[C@H]1C[C@@H]2CC[C@@]1(C(=O)N(C(C)C)C(C)C)C2(C)C)N1CCCC1. The predicted octanol–water partition coefficient (Wildman–Crippen LogP) is 5.33. The summed E-state index contributed by atoms with van der Waals surface area (Å²) in [5.74, 6) is 0.155. The van der Waals surface area contributed by atoms with Gasteiger partial charge in [0.2, 0.25) is 5.91 Å². The van der Waals surface area contributed by atoms with Crippen LogP contribution in [0.15, 0.2) is 24.4 Å². The van der Waals surface area contributed by atoms with Gasteiger partial charge in [0, 0.05) is 36.9 Å². The Kier molecular flexibility index (Phi) is 8.15. The summed E-state index contributed by atoms with van der Waals surface area (Å²) in [5.41, 5.74) is -0.526. The van der Waals surface area contributed by atoms with Crippen molar-refractivity contribution in [2.45, 2.75) is 111 Å². The maximum Gasteiger partial charge on any atom is 0.332 e. The van der Waals surface area contributed by atoms with Gasteiger partial charge in [-0.2, -0.15) is 0 Å². The average molecular weight is 489 g/mol. The third-order valence-electron chi connectivity index (χ3n) is 8.97. The lowest BCUT2D eigenvalue weighted by atomic mass is 9.67. The zero-order chi connectivity index (χ0) is 26.2. The van der Waals surface area contributed by atoms with E-state index in [2.05, 4.69) is 53.0 Å². The lowest BCUT2D eigenvalue weighted by molar-refractivity contribution is -0.168. The van der Waals surface area contributed by atoms with Crippen molar-refractivity contribution in [3.63, 3.8) is 0 Å². The van der Waals surface area contributed by atoms with Crippen LogP contribution in [0.1, 0.15) is 87.5 Å². The van der Waals surface area contributed by atoms with Crippen molar-refractivity contribution >= 4 is 11.9 Å². The summed E-state index contributed by atoms with van der Waals surface area (Å²) in [5, 5.41) is 0. The lowest BCUT2D eigenvalue weighted by Crippen LogP contribution is -2.57. The maximum atomic E-state index is 14.2. The topological polar surface area (TPSA) is 59.1 Å². The minimum absolute atomic E-state index is 0.0932. The van der Waals surface area contributed by atoms with Crippen LogP contribution in [0.2, 0.25) is 0 Å². The highest BCUT2D eigenvalue weighted by atomic mass is 16.5. The lowest BCUT2D eigenvalue weighted by Gasteiger charge is -2.45. The van der Waals surface area contributed by atoms with Gasteiger partial charge in [0.05, 0.1) is 17.6 Å². The van der Waals surface area contributed by atoms with E-state index in [1.807, 2.05) is 18.7 Å². The standard InChI is InChI=1S/C29H48N2O4/c1-10-27(6,7)34-19-23(30-15-11-12-16-30)18-25(32)35-24-17-22-13-14-29(24,28(22,8)9)26(33)31(20(2)3)21(4)5/h10,18,20-22,24H,1,11-17,19H2,2-9H3/b23-18+/t22-,24-,29+/m0/s1. The Morgan fingerprint density at radius 2 is 1.74 bits per heavy atom. The number of esters is 1. The number of fused-ring (bicyclic) bond motifs is 2. The van der Waals surface area contributed by atoms with Gasteiger partial charge in [-0.05, 0) is 85.0 Å². The van der Waals surface area contributed by atoms with Crippen LogP contribution in [0.5, 0.6) is 0 Å². The molecule has 2 saturated carbocycles. The van der Waals surface area contributed by atoms with Crippen LogP contribution in [0, 0.1) is 16.7 Å². The first-order valence-electron chi connectivity index (χ1n) is 13.5. The third-order valence-corrected chi connectivity index (χ3v) is 8.97. The Hall–Kier alpha value is -1.82. The summed E-state index contributed by atoms with van der Waals surface area (Å²) < 4.78 is 12.3. The molecule has 2 aliphatic carbocycles. The normalized spacial score (nSPS) is 28.2. The minimum Gasteiger partial charge on any atom is -0.458 e. The number of likely N-dealkylation sites (tertiary alicyclic amines) is 1. The average Bonchev–Trinajstić information content (AvgIpc) is 3.43. The Bertz CT molecular complexity index is 830. The van der Waals surface area contributed by atoms with Crippen LogP contribution in [-0.4, -0.2) is 65.2 Å². The van der Waals surface area contributed by atoms with E-state index in [1.54, 1.807) is 12.2 Å². The van der Waals surface area contributed by atoms with Gasteiger partial charge in [0.15, 0.2) is 0 Å². The first-order valence-corrected chi connectivity index (χ1v) is 13.5. The van der Waals surface area contributed by atoms with E-state index in [1.165, 1.54) is 0 Å². The molecule has 1 aliphatic heterocycles. The Morgan fingerprint density at radius 3 is 2.26 bits per heavy atom. The first-order chi connectivity index (χ1) is 16.3. The molecule has 3 aliphatic rings. The Morgan fingerprint density at radius 1 is 1.14 bits per heavy atom. The highest BCUT2D eigenvalue weighted by Crippen LogP contribution is 2.67. The molecule has 1 saturated heterocycles. The minimum atomic E-state index is -0.676. The van der Waals surface area contributed by atoms with E-state index in [-0.39, 0.29) is 29.4 Å². The molecule has 3 rings (SSSR count). The number of ether oxygens (including phenoxy) is 2. The number of amides is 1. The van der Waals surface area contributed by atoms with Crippen molar-refractivity contribution in [2.75, 3.05) is 19.7 Å².